The number of hydrogen-bond donors (Lipinski definition) is 2. The molecule has 2 aliphatic heterocycles. The average Bonchev–Trinajstić information content (AvgIpc) is 2.53. The van der Waals surface area contributed by atoms with E-state index in [9.17, 15) is 14.4 Å². The minimum Gasteiger partial charge on any atom is -0.481 e. The first kappa shape index (κ1) is 15.6. The molecule has 0 unspecified atom stereocenters. The molecule has 2 N–H and O–H groups in total. The third-order valence-corrected chi connectivity index (χ3v) is 4.16. The second-order valence-corrected chi connectivity index (χ2v) is 5.72. The maximum atomic E-state index is 12.0. The summed E-state index contributed by atoms with van der Waals surface area (Å²) in [5, 5.41) is 11.6. The van der Waals surface area contributed by atoms with Gasteiger partial charge in [-0.3, -0.25) is 9.59 Å². The van der Waals surface area contributed by atoms with Gasteiger partial charge in [0.05, 0.1) is 12.5 Å². The fraction of sp³-hybridized carbons (Fsp3) is 0.786. The normalized spacial score (nSPS) is 22.8. The Balaban J connectivity index is 1.75. The van der Waals surface area contributed by atoms with E-state index in [0.717, 1.165) is 32.4 Å². The molecule has 0 aromatic carbocycles. The zero-order chi connectivity index (χ0) is 15.2. The molecule has 0 radical (unpaired) electrons. The molecule has 2 heterocycles. The van der Waals surface area contributed by atoms with E-state index >= 15 is 0 Å². The van der Waals surface area contributed by atoms with Gasteiger partial charge >= 0.3 is 12.0 Å². The van der Waals surface area contributed by atoms with Crippen molar-refractivity contribution in [2.75, 3.05) is 32.7 Å². The predicted molar refractivity (Wildman–Crippen MR) is 75.8 cm³/mol. The van der Waals surface area contributed by atoms with Crippen LogP contribution < -0.4 is 5.32 Å². The first-order valence-electron chi connectivity index (χ1n) is 7.61. The van der Waals surface area contributed by atoms with E-state index in [-0.39, 0.29) is 25.0 Å². The summed E-state index contributed by atoms with van der Waals surface area (Å²) in [6.45, 7) is 2.29. The molecule has 2 saturated heterocycles. The molecule has 7 nitrogen and oxygen atoms in total. The van der Waals surface area contributed by atoms with Gasteiger partial charge in [-0.25, -0.2) is 4.79 Å². The van der Waals surface area contributed by atoms with Crippen molar-refractivity contribution in [3.05, 3.63) is 0 Å². The van der Waals surface area contributed by atoms with E-state index in [1.54, 1.807) is 4.90 Å². The van der Waals surface area contributed by atoms with Gasteiger partial charge < -0.3 is 20.2 Å². The highest BCUT2D eigenvalue weighted by atomic mass is 16.4. The van der Waals surface area contributed by atoms with E-state index in [1.165, 1.54) is 4.90 Å². The standard InChI is InChI=1S/C14H23N3O4/c18-12(16-6-2-1-3-7-16)9-15-14(21)17-8-4-5-11(10-17)13(19)20/h11H,1-10H2,(H,15,21)(H,19,20)/t11-/m0/s1. The van der Waals surface area contributed by atoms with Crippen LogP contribution in [0.5, 0.6) is 0 Å². The maximum Gasteiger partial charge on any atom is 0.317 e. The van der Waals surface area contributed by atoms with Crippen LogP contribution in [-0.4, -0.2) is 65.5 Å². The topological polar surface area (TPSA) is 90.0 Å². The molecule has 2 rings (SSSR count). The lowest BCUT2D eigenvalue weighted by atomic mass is 9.99. The summed E-state index contributed by atoms with van der Waals surface area (Å²) in [6.07, 6.45) is 4.48. The van der Waals surface area contributed by atoms with Crippen LogP contribution in [-0.2, 0) is 9.59 Å². The number of hydrogen-bond acceptors (Lipinski definition) is 3. The minimum absolute atomic E-state index is 0.00687. The molecule has 0 bridgehead atoms. The largest absolute Gasteiger partial charge is 0.481 e. The Kier molecular flexibility index (Phi) is 5.41. The highest BCUT2D eigenvalue weighted by molar-refractivity contribution is 5.84. The van der Waals surface area contributed by atoms with Gasteiger partial charge in [0.1, 0.15) is 0 Å². The molecule has 0 saturated carbocycles. The molecule has 0 aromatic heterocycles. The number of urea groups is 1. The van der Waals surface area contributed by atoms with Gasteiger partial charge in [0.25, 0.3) is 0 Å². The summed E-state index contributed by atoms with van der Waals surface area (Å²) in [7, 11) is 0. The molecule has 2 aliphatic rings. The summed E-state index contributed by atoms with van der Waals surface area (Å²) in [4.78, 5) is 38.2. The summed E-state index contributed by atoms with van der Waals surface area (Å²) in [5.41, 5.74) is 0. The van der Waals surface area contributed by atoms with E-state index in [4.69, 9.17) is 5.11 Å². The zero-order valence-electron chi connectivity index (χ0n) is 12.2. The lowest BCUT2D eigenvalue weighted by Gasteiger charge is -2.31. The molecular formula is C14H23N3O4. The summed E-state index contributed by atoms with van der Waals surface area (Å²) >= 11 is 0. The number of carbonyl (C=O) groups is 3. The number of aliphatic carboxylic acids is 1. The van der Waals surface area contributed by atoms with Crippen LogP contribution in [0.15, 0.2) is 0 Å². The lowest BCUT2D eigenvalue weighted by Crippen LogP contribution is -2.50. The Hall–Kier alpha value is -1.79. The number of rotatable bonds is 3. The van der Waals surface area contributed by atoms with Crippen LogP contribution in [0.25, 0.3) is 0 Å². The third kappa shape index (κ3) is 4.34. The van der Waals surface area contributed by atoms with Crippen LogP contribution in [0.4, 0.5) is 4.79 Å². The lowest BCUT2D eigenvalue weighted by molar-refractivity contribution is -0.143. The number of carboxylic acids is 1. The number of likely N-dealkylation sites (tertiary alicyclic amines) is 2. The highest BCUT2D eigenvalue weighted by Gasteiger charge is 2.28. The second-order valence-electron chi connectivity index (χ2n) is 5.72. The minimum atomic E-state index is -0.864. The Morgan fingerprint density at radius 3 is 2.33 bits per heavy atom. The van der Waals surface area contributed by atoms with Crippen molar-refractivity contribution in [1.29, 1.82) is 0 Å². The van der Waals surface area contributed by atoms with E-state index < -0.39 is 11.9 Å². The number of carboxylic acid groups (broad SMARTS) is 1. The summed E-state index contributed by atoms with van der Waals surface area (Å²) in [6, 6.07) is -0.341. The van der Waals surface area contributed by atoms with Gasteiger partial charge in [-0.2, -0.15) is 0 Å². The number of nitrogens with one attached hydrogen (secondary N) is 1. The molecule has 2 fully saturated rings. The Bertz CT molecular complexity index is 407. The van der Waals surface area contributed by atoms with Crippen LogP contribution in [0, 0.1) is 5.92 Å². The van der Waals surface area contributed by atoms with E-state index in [1.807, 2.05) is 0 Å². The number of nitrogens with zero attached hydrogens (tertiary/aromatic N) is 2. The van der Waals surface area contributed by atoms with Gasteiger partial charge in [-0.05, 0) is 32.1 Å². The quantitative estimate of drug-likeness (QED) is 0.794. The molecule has 21 heavy (non-hydrogen) atoms. The zero-order valence-corrected chi connectivity index (χ0v) is 12.2. The summed E-state index contributed by atoms with van der Waals surface area (Å²) in [5.74, 6) is -1.42. The van der Waals surface area contributed by atoms with Crippen LogP contribution in [0.1, 0.15) is 32.1 Å². The second kappa shape index (κ2) is 7.28. The maximum absolute atomic E-state index is 12.0. The first-order valence-corrected chi connectivity index (χ1v) is 7.61. The van der Waals surface area contributed by atoms with Crippen molar-refractivity contribution in [1.82, 2.24) is 15.1 Å². The number of piperidine rings is 2. The van der Waals surface area contributed by atoms with Crippen molar-refractivity contribution < 1.29 is 19.5 Å². The molecule has 0 aromatic rings. The first-order chi connectivity index (χ1) is 10.1. The van der Waals surface area contributed by atoms with Crippen LogP contribution >= 0.6 is 0 Å². The van der Waals surface area contributed by atoms with Gasteiger partial charge in [0.15, 0.2) is 0 Å². The van der Waals surface area contributed by atoms with Gasteiger partial charge in [-0.15, -0.1) is 0 Å². The van der Waals surface area contributed by atoms with Gasteiger partial charge in [-0.1, -0.05) is 0 Å². The monoisotopic (exact) mass is 297 g/mol. The van der Waals surface area contributed by atoms with Crippen molar-refractivity contribution in [3.8, 4) is 0 Å². The Morgan fingerprint density at radius 1 is 1.00 bits per heavy atom. The molecular weight excluding hydrogens is 274 g/mol. The van der Waals surface area contributed by atoms with E-state index in [0.29, 0.717) is 19.4 Å². The third-order valence-electron chi connectivity index (χ3n) is 4.16. The number of carbonyl (C=O) groups excluding carboxylic acids is 2. The van der Waals surface area contributed by atoms with Crippen molar-refractivity contribution in [3.63, 3.8) is 0 Å². The average molecular weight is 297 g/mol. The molecule has 7 heteroatoms. The number of amides is 3. The van der Waals surface area contributed by atoms with Crippen LogP contribution in [0.3, 0.4) is 0 Å². The van der Waals surface area contributed by atoms with Crippen molar-refractivity contribution in [2.24, 2.45) is 5.92 Å². The van der Waals surface area contributed by atoms with Gasteiger partial charge in [0.2, 0.25) is 5.91 Å². The smallest absolute Gasteiger partial charge is 0.317 e. The Morgan fingerprint density at radius 2 is 1.67 bits per heavy atom. The van der Waals surface area contributed by atoms with Gasteiger partial charge in [0, 0.05) is 26.2 Å². The fourth-order valence-electron chi connectivity index (χ4n) is 2.88. The SMILES string of the molecule is O=C(O)[C@H]1CCCN(C(=O)NCC(=O)N2CCCCC2)C1. The molecule has 118 valence electrons. The van der Waals surface area contributed by atoms with Crippen molar-refractivity contribution in [2.45, 2.75) is 32.1 Å². The molecule has 1 atom stereocenters. The summed E-state index contributed by atoms with van der Waals surface area (Å²) < 4.78 is 0. The molecule has 0 aliphatic carbocycles. The molecule has 3 amide bonds. The van der Waals surface area contributed by atoms with E-state index in [2.05, 4.69) is 5.32 Å². The Labute approximate surface area is 124 Å². The van der Waals surface area contributed by atoms with Crippen molar-refractivity contribution >= 4 is 17.9 Å². The predicted octanol–water partition coefficient (Wildman–Crippen LogP) is 0.505. The molecule has 0 spiro atoms. The highest BCUT2D eigenvalue weighted by Crippen LogP contribution is 2.16. The fourth-order valence-corrected chi connectivity index (χ4v) is 2.88. The van der Waals surface area contributed by atoms with Crippen LogP contribution in [0.2, 0.25) is 0 Å².